The van der Waals surface area contributed by atoms with Crippen molar-refractivity contribution >= 4 is 17.2 Å². The van der Waals surface area contributed by atoms with Crippen LogP contribution in [0.3, 0.4) is 0 Å². The first kappa shape index (κ1) is 12.3. The number of hydrogen-bond acceptors (Lipinski definition) is 2. The molecule has 0 atom stereocenters. The third-order valence-corrected chi connectivity index (χ3v) is 2.77. The van der Waals surface area contributed by atoms with Crippen molar-refractivity contribution in [3.8, 4) is 0 Å². The summed E-state index contributed by atoms with van der Waals surface area (Å²) in [6.45, 7) is 0. The molecule has 0 spiro atoms. The number of anilines is 1. The molecule has 0 aliphatic carbocycles. The van der Waals surface area contributed by atoms with Gasteiger partial charge in [-0.2, -0.15) is 0 Å². The van der Waals surface area contributed by atoms with Gasteiger partial charge in [0.2, 0.25) is 0 Å². The first-order chi connectivity index (χ1) is 9.63. The third-order valence-electron chi connectivity index (χ3n) is 2.77. The Hall–Kier alpha value is -2.76. The van der Waals surface area contributed by atoms with Crippen molar-refractivity contribution < 1.29 is 13.6 Å². The van der Waals surface area contributed by atoms with Gasteiger partial charge in [-0.05, 0) is 24.3 Å². The van der Waals surface area contributed by atoms with E-state index in [-0.39, 0.29) is 11.4 Å². The number of halogens is 2. The van der Waals surface area contributed by atoms with Gasteiger partial charge in [-0.25, -0.2) is 13.8 Å². The van der Waals surface area contributed by atoms with Crippen LogP contribution < -0.4 is 5.32 Å². The monoisotopic (exact) mass is 273 g/mol. The van der Waals surface area contributed by atoms with E-state index >= 15 is 0 Å². The van der Waals surface area contributed by atoms with E-state index in [0.717, 1.165) is 0 Å². The van der Waals surface area contributed by atoms with Crippen LogP contribution in [0.15, 0.2) is 48.8 Å². The molecule has 0 unspecified atom stereocenters. The number of aromatic nitrogens is 2. The maximum absolute atomic E-state index is 13.4. The van der Waals surface area contributed by atoms with Crippen molar-refractivity contribution in [2.45, 2.75) is 0 Å². The van der Waals surface area contributed by atoms with E-state index in [1.807, 2.05) is 0 Å². The minimum absolute atomic E-state index is 0.0701. The third kappa shape index (κ3) is 2.23. The highest BCUT2D eigenvalue weighted by Gasteiger charge is 2.13. The molecule has 0 fully saturated rings. The van der Waals surface area contributed by atoms with Gasteiger partial charge in [0, 0.05) is 12.4 Å². The molecule has 0 saturated carbocycles. The van der Waals surface area contributed by atoms with Gasteiger partial charge in [-0.15, -0.1) is 0 Å². The highest BCUT2D eigenvalue weighted by atomic mass is 19.1. The largest absolute Gasteiger partial charge is 0.318 e. The summed E-state index contributed by atoms with van der Waals surface area (Å²) in [5.41, 5.74) is 0.588. The summed E-state index contributed by atoms with van der Waals surface area (Å²) in [5.74, 6) is -1.52. The fourth-order valence-corrected chi connectivity index (χ4v) is 1.82. The van der Waals surface area contributed by atoms with E-state index in [2.05, 4.69) is 10.3 Å². The minimum atomic E-state index is -0.556. The Morgan fingerprint density at radius 2 is 1.90 bits per heavy atom. The van der Waals surface area contributed by atoms with Gasteiger partial charge in [0.25, 0.3) is 5.91 Å². The minimum Gasteiger partial charge on any atom is -0.318 e. The number of nitrogens with one attached hydrogen (secondary N) is 1. The van der Waals surface area contributed by atoms with Crippen molar-refractivity contribution in [2.24, 2.45) is 0 Å². The Morgan fingerprint density at radius 1 is 1.10 bits per heavy atom. The molecule has 2 heterocycles. The van der Waals surface area contributed by atoms with Crippen LogP contribution in [0.4, 0.5) is 14.5 Å². The Labute approximate surface area is 112 Å². The van der Waals surface area contributed by atoms with E-state index in [9.17, 15) is 13.6 Å². The standard InChI is InChI=1S/C14H9F2N3O/c15-9-5-6-13-17-12(8-19(13)7-9)14(20)18-11-4-2-1-3-10(11)16/h1-8H,(H,18,20). The maximum atomic E-state index is 13.4. The average molecular weight is 273 g/mol. The lowest BCUT2D eigenvalue weighted by Gasteiger charge is -2.03. The van der Waals surface area contributed by atoms with Crippen LogP contribution in [-0.2, 0) is 0 Å². The lowest BCUT2D eigenvalue weighted by molar-refractivity contribution is 0.102. The summed E-state index contributed by atoms with van der Waals surface area (Å²) in [7, 11) is 0. The highest BCUT2D eigenvalue weighted by Crippen LogP contribution is 2.14. The molecule has 0 radical (unpaired) electrons. The van der Waals surface area contributed by atoms with Gasteiger partial charge in [0.05, 0.1) is 5.69 Å². The number of rotatable bonds is 2. The van der Waals surface area contributed by atoms with Gasteiger partial charge in [-0.3, -0.25) is 4.79 Å². The van der Waals surface area contributed by atoms with E-state index in [1.54, 1.807) is 6.07 Å². The number of amides is 1. The highest BCUT2D eigenvalue weighted by molar-refractivity contribution is 6.03. The lowest BCUT2D eigenvalue weighted by atomic mass is 10.3. The molecule has 20 heavy (non-hydrogen) atoms. The molecule has 0 aliphatic heterocycles. The molecule has 3 aromatic rings. The van der Waals surface area contributed by atoms with E-state index in [0.29, 0.717) is 5.65 Å². The number of hydrogen-bond donors (Lipinski definition) is 1. The molecule has 1 N–H and O–H groups in total. The van der Waals surface area contributed by atoms with Gasteiger partial charge >= 0.3 is 0 Å². The van der Waals surface area contributed by atoms with Crippen molar-refractivity contribution in [3.05, 3.63) is 66.1 Å². The fraction of sp³-hybridized carbons (Fsp3) is 0. The SMILES string of the molecule is O=C(Nc1ccccc1F)c1cn2cc(F)ccc2n1. The average Bonchev–Trinajstić information content (AvgIpc) is 2.84. The summed E-state index contributed by atoms with van der Waals surface area (Å²) >= 11 is 0. The van der Waals surface area contributed by atoms with Crippen LogP contribution >= 0.6 is 0 Å². The summed E-state index contributed by atoms with van der Waals surface area (Å²) < 4.78 is 27.9. The number of pyridine rings is 1. The molecular weight excluding hydrogens is 264 g/mol. The van der Waals surface area contributed by atoms with Crippen molar-refractivity contribution in [1.82, 2.24) is 9.38 Å². The number of imidazole rings is 1. The molecular formula is C14H9F2N3O. The van der Waals surface area contributed by atoms with Crippen LogP contribution in [0, 0.1) is 11.6 Å². The zero-order chi connectivity index (χ0) is 14.1. The second kappa shape index (κ2) is 4.73. The molecule has 100 valence electrons. The van der Waals surface area contributed by atoms with Gasteiger partial charge < -0.3 is 9.72 Å². The van der Waals surface area contributed by atoms with E-state index < -0.39 is 17.5 Å². The van der Waals surface area contributed by atoms with Crippen molar-refractivity contribution in [3.63, 3.8) is 0 Å². The molecule has 0 saturated heterocycles. The molecule has 1 aromatic carbocycles. The molecule has 4 nitrogen and oxygen atoms in total. The van der Waals surface area contributed by atoms with Crippen molar-refractivity contribution in [1.29, 1.82) is 0 Å². The smallest absolute Gasteiger partial charge is 0.275 e. The predicted molar refractivity (Wildman–Crippen MR) is 69.5 cm³/mol. The van der Waals surface area contributed by atoms with Crippen molar-refractivity contribution in [2.75, 3.05) is 5.32 Å². The molecule has 2 aromatic heterocycles. The lowest BCUT2D eigenvalue weighted by Crippen LogP contribution is -2.13. The number of carbonyl (C=O) groups excluding carboxylic acids is 1. The molecule has 1 amide bonds. The summed E-state index contributed by atoms with van der Waals surface area (Å²) in [6.07, 6.45) is 2.59. The Morgan fingerprint density at radius 3 is 2.70 bits per heavy atom. The van der Waals surface area contributed by atoms with E-state index in [1.165, 1.54) is 47.1 Å². The summed E-state index contributed by atoms with van der Waals surface area (Å²) in [5, 5.41) is 2.42. The summed E-state index contributed by atoms with van der Waals surface area (Å²) in [4.78, 5) is 16.0. The predicted octanol–water partition coefficient (Wildman–Crippen LogP) is 2.86. The van der Waals surface area contributed by atoms with Crippen LogP contribution in [0.5, 0.6) is 0 Å². The second-order valence-corrected chi connectivity index (χ2v) is 4.17. The van der Waals surface area contributed by atoms with Gasteiger partial charge in [-0.1, -0.05) is 12.1 Å². The Balaban J connectivity index is 1.91. The Bertz CT molecular complexity index is 798. The number of para-hydroxylation sites is 1. The quantitative estimate of drug-likeness (QED) is 0.780. The first-order valence-corrected chi connectivity index (χ1v) is 5.83. The molecule has 0 aliphatic rings. The fourth-order valence-electron chi connectivity index (χ4n) is 1.82. The van der Waals surface area contributed by atoms with E-state index in [4.69, 9.17) is 0 Å². The first-order valence-electron chi connectivity index (χ1n) is 5.83. The topological polar surface area (TPSA) is 46.4 Å². The van der Waals surface area contributed by atoms with Crippen LogP contribution in [0.1, 0.15) is 10.5 Å². The van der Waals surface area contributed by atoms with Crippen LogP contribution in [0.2, 0.25) is 0 Å². The zero-order valence-corrected chi connectivity index (χ0v) is 10.2. The second-order valence-electron chi connectivity index (χ2n) is 4.17. The summed E-state index contributed by atoms with van der Waals surface area (Å²) in [6, 6.07) is 8.53. The van der Waals surface area contributed by atoms with Crippen LogP contribution in [0.25, 0.3) is 5.65 Å². The molecule has 0 bridgehead atoms. The van der Waals surface area contributed by atoms with Gasteiger partial charge in [0.15, 0.2) is 0 Å². The normalized spacial score (nSPS) is 10.7. The van der Waals surface area contributed by atoms with Gasteiger partial charge in [0.1, 0.15) is 23.0 Å². The number of nitrogens with zero attached hydrogens (tertiary/aromatic N) is 2. The number of fused-ring (bicyclic) bond motifs is 1. The zero-order valence-electron chi connectivity index (χ0n) is 10.2. The Kier molecular flexibility index (Phi) is 2.90. The molecule has 3 rings (SSSR count). The number of benzene rings is 1. The molecule has 6 heteroatoms. The van der Waals surface area contributed by atoms with Crippen LogP contribution in [-0.4, -0.2) is 15.3 Å². The maximum Gasteiger partial charge on any atom is 0.275 e. The number of carbonyl (C=O) groups is 1.